The highest BCUT2D eigenvalue weighted by Gasteiger charge is 2.59. The van der Waals surface area contributed by atoms with Gasteiger partial charge in [0.2, 0.25) is 0 Å². The van der Waals surface area contributed by atoms with Gasteiger partial charge in [-0.3, -0.25) is 9.59 Å². The summed E-state index contributed by atoms with van der Waals surface area (Å²) in [6, 6.07) is 8.80. The van der Waals surface area contributed by atoms with Crippen LogP contribution in [0.5, 0.6) is 5.75 Å². The zero-order valence-corrected chi connectivity index (χ0v) is 23.1. The van der Waals surface area contributed by atoms with Crippen LogP contribution in [-0.2, 0) is 9.59 Å². The first-order valence-corrected chi connectivity index (χ1v) is 12.9. The Bertz CT molecular complexity index is 865. The Kier molecular flexibility index (Phi) is 7.26. The average Bonchev–Trinajstić information content (AvgIpc) is 2.63. The van der Waals surface area contributed by atoms with Crippen molar-refractivity contribution in [1.29, 1.82) is 0 Å². The molecule has 1 aromatic rings. The molecule has 3 N–H and O–H groups in total. The molecule has 0 radical (unpaired) electrons. The fourth-order valence-corrected chi connectivity index (χ4v) is 7.61. The van der Waals surface area contributed by atoms with Gasteiger partial charge in [-0.15, -0.1) is 0 Å². The van der Waals surface area contributed by atoms with Crippen molar-refractivity contribution in [2.45, 2.75) is 110 Å². The third-order valence-corrected chi connectivity index (χ3v) is 8.21. The van der Waals surface area contributed by atoms with Crippen LogP contribution in [0, 0.1) is 23.2 Å². The zero-order valence-electron chi connectivity index (χ0n) is 23.1. The van der Waals surface area contributed by atoms with Crippen molar-refractivity contribution in [3.05, 3.63) is 30.3 Å². The van der Waals surface area contributed by atoms with Gasteiger partial charge in [0.25, 0.3) is 0 Å². The molecule has 0 bridgehead atoms. The minimum Gasteiger partial charge on any atom is -0.481 e. The SMILES string of the molecule is CC1(C)CC(C(C)(C2CC(C)(C)NC(C)(C)C2)C(C(=O)O)C(=O)Oc2ccccc2)CC(C)(C)N1. The maximum absolute atomic E-state index is 13.7. The molecular formula is C29H46N2O4. The summed E-state index contributed by atoms with van der Waals surface area (Å²) in [5, 5.41) is 18.1. The first-order valence-electron chi connectivity index (χ1n) is 12.9. The third-order valence-electron chi connectivity index (χ3n) is 8.21. The van der Waals surface area contributed by atoms with Crippen LogP contribution in [0.2, 0.25) is 0 Å². The van der Waals surface area contributed by atoms with Crippen molar-refractivity contribution in [3.8, 4) is 5.75 Å². The second kappa shape index (κ2) is 9.19. The van der Waals surface area contributed by atoms with E-state index in [4.69, 9.17) is 4.74 Å². The van der Waals surface area contributed by atoms with E-state index in [2.05, 4.69) is 72.9 Å². The molecule has 0 spiro atoms. The normalized spacial score (nSPS) is 24.9. The summed E-state index contributed by atoms with van der Waals surface area (Å²) >= 11 is 0. The molecule has 1 aromatic carbocycles. The Morgan fingerprint density at radius 2 is 1.20 bits per heavy atom. The van der Waals surface area contributed by atoms with Gasteiger partial charge in [0.05, 0.1) is 0 Å². The number of hydrogen-bond acceptors (Lipinski definition) is 5. The summed E-state index contributed by atoms with van der Waals surface area (Å²) in [6.07, 6.45) is 3.17. The van der Waals surface area contributed by atoms with E-state index in [0.717, 1.165) is 25.7 Å². The van der Waals surface area contributed by atoms with Gasteiger partial charge in [-0.1, -0.05) is 25.1 Å². The molecule has 0 aliphatic carbocycles. The number of hydrogen-bond donors (Lipinski definition) is 3. The zero-order chi connectivity index (χ0) is 26.4. The molecule has 2 aliphatic heterocycles. The van der Waals surface area contributed by atoms with Gasteiger partial charge in [-0.05, 0) is 110 Å². The van der Waals surface area contributed by atoms with Gasteiger partial charge in [0.15, 0.2) is 5.92 Å². The summed E-state index contributed by atoms with van der Waals surface area (Å²) in [5.74, 6) is -2.62. The predicted octanol–water partition coefficient (Wildman–Crippen LogP) is 5.41. The minimum atomic E-state index is -1.27. The number of carboxylic acid groups (broad SMARTS) is 1. The molecule has 35 heavy (non-hydrogen) atoms. The van der Waals surface area contributed by atoms with E-state index in [1.807, 2.05) is 6.07 Å². The lowest BCUT2D eigenvalue weighted by atomic mass is 9.51. The molecule has 1 atom stereocenters. The van der Waals surface area contributed by atoms with E-state index < -0.39 is 23.3 Å². The highest BCUT2D eigenvalue weighted by atomic mass is 16.5. The summed E-state index contributed by atoms with van der Waals surface area (Å²) in [7, 11) is 0. The lowest BCUT2D eigenvalue weighted by Gasteiger charge is -2.59. The molecule has 2 aliphatic rings. The van der Waals surface area contributed by atoms with Crippen LogP contribution < -0.4 is 15.4 Å². The van der Waals surface area contributed by atoms with Crippen molar-refractivity contribution in [1.82, 2.24) is 10.6 Å². The molecule has 0 aromatic heterocycles. The van der Waals surface area contributed by atoms with Gasteiger partial charge < -0.3 is 20.5 Å². The molecule has 0 amide bonds. The number of rotatable bonds is 6. The third kappa shape index (κ3) is 6.26. The second-order valence-corrected chi connectivity index (χ2v) is 13.9. The van der Waals surface area contributed by atoms with Crippen LogP contribution >= 0.6 is 0 Å². The van der Waals surface area contributed by atoms with E-state index in [1.54, 1.807) is 24.3 Å². The maximum atomic E-state index is 13.7. The number of aliphatic carboxylic acids is 1. The van der Waals surface area contributed by atoms with E-state index in [1.165, 1.54) is 0 Å². The van der Waals surface area contributed by atoms with Crippen molar-refractivity contribution in [3.63, 3.8) is 0 Å². The average molecular weight is 487 g/mol. The lowest BCUT2D eigenvalue weighted by Crippen LogP contribution is -2.66. The summed E-state index contributed by atoms with van der Waals surface area (Å²) in [4.78, 5) is 26.7. The Morgan fingerprint density at radius 1 is 0.829 bits per heavy atom. The van der Waals surface area contributed by atoms with Crippen molar-refractivity contribution in [2.75, 3.05) is 0 Å². The van der Waals surface area contributed by atoms with E-state index in [0.29, 0.717) is 5.75 Å². The summed E-state index contributed by atoms with van der Waals surface area (Å²) in [5.41, 5.74) is -1.53. The quantitative estimate of drug-likeness (QED) is 0.283. The minimum absolute atomic E-state index is 0.0212. The van der Waals surface area contributed by atoms with Crippen molar-refractivity contribution >= 4 is 11.9 Å². The fourth-order valence-electron chi connectivity index (χ4n) is 7.61. The van der Waals surface area contributed by atoms with Crippen molar-refractivity contribution in [2.24, 2.45) is 23.2 Å². The van der Waals surface area contributed by atoms with Crippen LogP contribution in [0.1, 0.15) is 88.0 Å². The molecule has 2 saturated heterocycles. The number of carbonyl (C=O) groups is 2. The fraction of sp³-hybridized carbons (Fsp3) is 0.724. The van der Waals surface area contributed by atoms with Gasteiger partial charge in [-0.25, -0.2) is 0 Å². The van der Waals surface area contributed by atoms with Crippen LogP contribution in [0.4, 0.5) is 0 Å². The van der Waals surface area contributed by atoms with E-state index in [-0.39, 0.29) is 34.0 Å². The van der Waals surface area contributed by atoms with Crippen LogP contribution in [0.15, 0.2) is 30.3 Å². The molecule has 2 heterocycles. The highest BCUT2D eigenvalue weighted by Crippen LogP contribution is 2.56. The largest absolute Gasteiger partial charge is 0.481 e. The molecule has 2 fully saturated rings. The topological polar surface area (TPSA) is 87.7 Å². The van der Waals surface area contributed by atoms with E-state index >= 15 is 0 Å². The number of benzene rings is 1. The Labute approximate surface area is 211 Å². The number of carboxylic acids is 1. The molecule has 0 saturated carbocycles. The molecule has 6 nitrogen and oxygen atoms in total. The molecule has 3 rings (SSSR count). The summed E-state index contributed by atoms with van der Waals surface area (Å²) < 4.78 is 5.72. The van der Waals surface area contributed by atoms with Gasteiger partial charge in [-0.2, -0.15) is 0 Å². The predicted molar refractivity (Wildman–Crippen MR) is 139 cm³/mol. The number of para-hydroxylation sites is 1. The van der Waals surface area contributed by atoms with Crippen LogP contribution in [0.25, 0.3) is 0 Å². The number of ether oxygens (including phenoxy) is 1. The second-order valence-electron chi connectivity index (χ2n) is 13.9. The van der Waals surface area contributed by atoms with Crippen LogP contribution in [0.3, 0.4) is 0 Å². The molecule has 6 heteroatoms. The monoisotopic (exact) mass is 486 g/mol. The number of esters is 1. The Hall–Kier alpha value is -1.92. The first-order chi connectivity index (χ1) is 15.9. The maximum Gasteiger partial charge on any atom is 0.326 e. The van der Waals surface area contributed by atoms with E-state index in [9.17, 15) is 14.7 Å². The lowest BCUT2D eigenvalue weighted by molar-refractivity contribution is -0.170. The molecule has 196 valence electrons. The Morgan fingerprint density at radius 3 is 1.54 bits per heavy atom. The van der Waals surface area contributed by atoms with Gasteiger partial charge in [0.1, 0.15) is 5.75 Å². The number of nitrogens with one attached hydrogen (secondary N) is 2. The molecule has 1 unspecified atom stereocenters. The molecular weight excluding hydrogens is 440 g/mol. The van der Waals surface area contributed by atoms with Crippen molar-refractivity contribution < 1.29 is 19.4 Å². The van der Waals surface area contributed by atoms with Crippen LogP contribution in [-0.4, -0.2) is 39.2 Å². The number of piperidine rings is 2. The first kappa shape index (κ1) is 27.7. The Balaban J connectivity index is 2.13. The highest BCUT2D eigenvalue weighted by molar-refractivity contribution is 5.96. The van der Waals surface area contributed by atoms with Gasteiger partial charge >= 0.3 is 11.9 Å². The number of carbonyl (C=O) groups excluding carboxylic acids is 1. The van der Waals surface area contributed by atoms with Gasteiger partial charge in [0, 0.05) is 22.2 Å². The standard InChI is InChI=1S/C29H46N2O4/c1-25(2)15-19(16-26(3,4)30-25)29(9,20-17-27(5,6)31-28(7,8)18-20)22(23(32)33)24(34)35-21-13-11-10-12-14-21/h10-14,19-20,22,30-31H,15-18H2,1-9H3,(H,32,33). The summed E-state index contributed by atoms with van der Waals surface area (Å²) in [6.45, 7) is 19.5. The smallest absolute Gasteiger partial charge is 0.326 e.